The van der Waals surface area contributed by atoms with Crippen molar-refractivity contribution in [2.24, 2.45) is 0 Å². The molecule has 0 spiro atoms. The van der Waals surface area contributed by atoms with Crippen LogP contribution < -0.4 is 5.73 Å². The lowest BCUT2D eigenvalue weighted by Gasteiger charge is -1.95. The Bertz CT molecular complexity index is 769. The fourth-order valence-electron chi connectivity index (χ4n) is 1.80. The van der Waals surface area contributed by atoms with Gasteiger partial charge in [-0.2, -0.15) is 0 Å². The van der Waals surface area contributed by atoms with Gasteiger partial charge in [-0.15, -0.1) is 11.8 Å². The quantitative estimate of drug-likeness (QED) is 0.732. The van der Waals surface area contributed by atoms with E-state index in [0.29, 0.717) is 22.3 Å². The van der Waals surface area contributed by atoms with E-state index in [1.54, 1.807) is 30.2 Å². The summed E-state index contributed by atoms with van der Waals surface area (Å²) in [5.74, 6) is 0.768. The van der Waals surface area contributed by atoms with Crippen LogP contribution in [0.5, 0.6) is 0 Å². The van der Waals surface area contributed by atoms with Crippen LogP contribution in [0.4, 0.5) is 9.52 Å². The predicted molar refractivity (Wildman–Crippen MR) is 82.7 cm³/mol. The first kappa shape index (κ1) is 14.1. The molecule has 108 valence electrons. The average Bonchev–Trinajstić information content (AvgIpc) is 3.03. The van der Waals surface area contributed by atoms with Gasteiger partial charge in [-0.3, -0.25) is 0 Å². The number of anilines is 1. The minimum Gasteiger partial charge on any atom is -0.444 e. The topological polar surface area (TPSA) is 64.9 Å². The van der Waals surface area contributed by atoms with Gasteiger partial charge in [-0.05, 0) is 25.1 Å². The first-order valence-corrected chi connectivity index (χ1v) is 7.98. The van der Waals surface area contributed by atoms with Crippen LogP contribution in [0.1, 0.15) is 11.4 Å². The van der Waals surface area contributed by atoms with Crippen LogP contribution in [-0.4, -0.2) is 9.97 Å². The van der Waals surface area contributed by atoms with Crippen LogP contribution in [0.15, 0.2) is 39.2 Å². The maximum absolute atomic E-state index is 13.2. The average molecular weight is 321 g/mol. The number of nitrogens with two attached hydrogens (primary N) is 1. The maximum atomic E-state index is 13.2. The molecule has 21 heavy (non-hydrogen) atoms. The van der Waals surface area contributed by atoms with Crippen molar-refractivity contribution in [2.75, 3.05) is 5.73 Å². The fraction of sp³-hybridized carbons (Fsp3) is 0.143. The number of hydrogen-bond acceptors (Lipinski definition) is 6. The molecule has 0 aliphatic carbocycles. The Morgan fingerprint density at radius 2 is 2.24 bits per heavy atom. The Morgan fingerprint density at radius 1 is 1.38 bits per heavy atom. The molecular formula is C14H12FN3OS2. The molecule has 0 bridgehead atoms. The summed E-state index contributed by atoms with van der Waals surface area (Å²) in [7, 11) is 0. The standard InChI is InChI=1S/C14H12FN3OS2/c1-8-13(21-14(16)17-8)20-7-11-6-19-12(18-11)9-3-2-4-10(15)5-9/h2-6H,7H2,1H3,(H2,16,17). The van der Waals surface area contributed by atoms with E-state index in [1.807, 2.05) is 6.92 Å². The molecule has 0 fully saturated rings. The summed E-state index contributed by atoms with van der Waals surface area (Å²) in [5, 5.41) is 0.565. The van der Waals surface area contributed by atoms with Gasteiger partial charge in [0.05, 0.1) is 15.6 Å². The number of halogens is 1. The summed E-state index contributed by atoms with van der Waals surface area (Å²) in [6, 6.07) is 6.18. The second-order valence-electron chi connectivity index (χ2n) is 4.37. The first-order valence-electron chi connectivity index (χ1n) is 6.18. The molecule has 2 aromatic heterocycles. The zero-order valence-electron chi connectivity index (χ0n) is 11.2. The van der Waals surface area contributed by atoms with Gasteiger partial charge in [0, 0.05) is 11.3 Å². The molecule has 0 atom stereocenters. The van der Waals surface area contributed by atoms with Crippen LogP contribution >= 0.6 is 23.1 Å². The van der Waals surface area contributed by atoms with Gasteiger partial charge < -0.3 is 10.2 Å². The lowest BCUT2D eigenvalue weighted by Crippen LogP contribution is -1.83. The number of aromatic nitrogens is 2. The third-order valence-electron chi connectivity index (χ3n) is 2.75. The predicted octanol–water partition coefficient (Wildman–Crippen LogP) is 4.12. The van der Waals surface area contributed by atoms with E-state index in [9.17, 15) is 4.39 Å². The van der Waals surface area contributed by atoms with E-state index in [0.717, 1.165) is 15.6 Å². The van der Waals surface area contributed by atoms with Crippen LogP contribution in [0.2, 0.25) is 0 Å². The Labute approximate surface area is 129 Å². The second-order valence-corrected chi connectivity index (χ2v) is 6.64. The van der Waals surface area contributed by atoms with Crippen molar-refractivity contribution in [1.29, 1.82) is 0 Å². The fourth-order valence-corrected chi connectivity index (χ4v) is 3.70. The number of nitrogens with zero attached hydrogens (tertiary/aromatic N) is 2. The molecule has 2 heterocycles. The Kier molecular flexibility index (Phi) is 3.94. The highest BCUT2D eigenvalue weighted by Crippen LogP contribution is 2.33. The van der Waals surface area contributed by atoms with Crippen LogP contribution in [0, 0.1) is 12.7 Å². The van der Waals surface area contributed by atoms with E-state index < -0.39 is 0 Å². The zero-order valence-corrected chi connectivity index (χ0v) is 12.8. The highest BCUT2D eigenvalue weighted by atomic mass is 32.2. The maximum Gasteiger partial charge on any atom is 0.226 e. The summed E-state index contributed by atoms with van der Waals surface area (Å²) in [6.07, 6.45) is 1.59. The van der Waals surface area contributed by atoms with E-state index in [-0.39, 0.29) is 5.82 Å². The smallest absolute Gasteiger partial charge is 0.226 e. The van der Waals surface area contributed by atoms with E-state index in [1.165, 1.54) is 23.5 Å². The normalized spacial score (nSPS) is 11.0. The summed E-state index contributed by atoms with van der Waals surface area (Å²) in [4.78, 5) is 8.55. The number of hydrogen-bond donors (Lipinski definition) is 1. The van der Waals surface area contributed by atoms with Crippen LogP contribution in [0.3, 0.4) is 0 Å². The second kappa shape index (κ2) is 5.87. The Morgan fingerprint density at radius 3 is 2.95 bits per heavy atom. The van der Waals surface area contributed by atoms with Crippen molar-refractivity contribution in [3.63, 3.8) is 0 Å². The molecule has 0 saturated carbocycles. The number of nitrogen functional groups attached to an aromatic ring is 1. The van der Waals surface area contributed by atoms with Gasteiger partial charge >= 0.3 is 0 Å². The molecule has 2 N–H and O–H groups in total. The number of oxazole rings is 1. The molecule has 0 aliphatic rings. The minimum absolute atomic E-state index is 0.308. The van der Waals surface area contributed by atoms with Crippen molar-refractivity contribution in [3.8, 4) is 11.5 Å². The van der Waals surface area contributed by atoms with E-state index in [2.05, 4.69) is 9.97 Å². The summed E-state index contributed by atoms with van der Waals surface area (Å²) < 4.78 is 19.7. The SMILES string of the molecule is Cc1nc(N)sc1SCc1coc(-c2cccc(F)c2)n1. The van der Waals surface area contributed by atoms with Crippen molar-refractivity contribution in [3.05, 3.63) is 47.7 Å². The first-order chi connectivity index (χ1) is 10.1. The molecule has 0 radical (unpaired) electrons. The molecule has 0 saturated heterocycles. The summed E-state index contributed by atoms with van der Waals surface area (Å²) >= 11 is 3.07. The zero-order chi connectivity index (χ0) is 14.8. The largest absolute Gasteiger partial charge is 0.444 e. The molecule has 7 heteroatoms. The summed E-state index contributed by atoms with van der Waals surface area (Å²) in [5.41, 5.74) is 8.02. The van der Waals surface area contributed by atoms with Gasteiger partial charge in [-0.25, -0.2) is 14.4 Å². The van der Waals surface area contributed by atoms with Crippen molar-refractivity contribution < 1.29 is 8.81 Å². The number of thiazole rings is 1. The highest BCUT2D eigenvalue weighted by molar-refractivity contribution is 8.00. The van der Waals surface area contributed by atoms with E-state index >= 15 is 0 Å². The molecule has 1 aromatic carbocycles. The summed E-state index contributed by atoms with van der Waals surface area (Å²) in [6.45, 7) is 1.93. The van der Waals surface area contributed by atoms with Gasteiger partial charge in [0.2, 0.25) is 5.89 Å². The Balaban J connectivity index is 1.72. The van der Waals surface area contributed by atoms with Gasteiger partial charge in [0.25, 0.3) is 0 Å². The molecule has 0 unspecified atom stereocenters. The number of rotatable bonds is 4. The van der Waals surface area contributed by atoms with Gasteiger partial charge in [0.1, 0.15) is 12.1 Å². The van der Waals surface area contributed by atoms with Crippen molar-refractivity contribution in [1.82, 2.24) is 9.97 Å². The number of aryl methyl sites for hydroxylation is 1. The minimum atomic E-state index is -0.308. The highest BCUT2D eigenvalue weighted by Gasteiger charge is 2.10. The molecule has 3 aromatic rings. The van der Waals surface area contributed by atoms with Gasteiger partial charge in [-0.1, -0.05) is 17.4 Å². The number of thioether (sulfide) groups is 1. The van der Waals surface area contributed by atoms with Crippen molar-refractivity contribution >= 4 is 28.2 Å². The lowest BCUT2D eigenvalue weighted by atomic mass is 10.2. The van der Waals surface area contributed by atoms with Crippen LogP contribution in [0.25, 0.3) is 11.5 Å². The molecular weight excluding hydrogens is 309 g/mol. The number of benzene rings is 1. The monoisotopic (exact) mass is 321 g/mol. The Hall–Kier alpha value is -1.86. The lowest BCUT2D eigenvalue weighted by molar-refractivity contribution is 0.571. The van der Waals surface area contributed by atoms with Crippen molar-refractivity contribution in [2.45, 2.75) is 16.9 Å². The molecule has 3 rings (SSSR count). The molecule has 4 nitrogen and oxygen atoms in total. The van der Waals surface area contributed by atoms with Gasteiger partial charge in [0.15, 0.2) is 5.13 Å². The third kappa shape index (κ3) is 3.25. The third-order valence-corrected chi connectivity index (χ3v) is 5.13. The van der Waals surface area contributed by atoms with E-state index in [4.69, 9.17) is 10.2 Å². The van der Waals surface area contributed by atoms with Crippen LogP contribution in [-0.2, 0) is 5.75 Å². The molecule has 0 aliphatic heterocycles. The molecule has 0 amide bonds.